The minimum Gasteiger partial charge on any atom is -0.496 e. The number of carbonyl (C=O) groups excluding carboxylic acids is 1. The highest BCUT2D eigenvalue weighted by atomic mass is 35.5. The van der Waals surface area contributed by atoms with E-state index in [0.717, 1.165) is 16.5 Å². The van der Waals surface area contributed by atoms with Gasteiger partial charge >= 0.3 is 0 Å². The Bertz CT molecular complexity index is 1850. The largest absolute Gasteiger partial charge is 0.496 e. The molecule has 8 nitrogen and oxygen atoms in total. The van der Waals surface area contributed by atoms with E-state index < -0.39 is 5.82 Å². The second-order valence-electron chi connectivity index (χ2n) is 8.88. The molecule has 0 aliphatic heterocycles. The summed E-state index contributed by atoms with van der Waals surface area (Å²) in [4.78, 5) is 18.0. The van der Waals surface area contributed by atoms with Gasteiger partial charge in [-0.2, -0.15) is 0 Å². The van der Waals surface area contributed by atoms with Crippen molar-refractivity contribution < 1.29 is 27.8 Å². The topological polar surface area (TPSA) is 88.1 Å². The van der Waals surface area contributed by atoms with E-state index in [0.29, 0.717) is 38.7 Å². The van der Waals surface area contributed by atoms with E-state index in [2.05, 4.69) is 10.1 Å². The average Bonchev–Trinajstić information content (AvgIpc) is 3.66. The Morgan fingerprint density at radius 1 is 1.07 bits per heavy atom. The van der Waals surface area contributed by atoms with E-state index in [1.54, 1.807) is 43.1 Å². The summed E-state index contributed by atoms with van der Waals surface area (Å²) in [6, 6.07) is 17.2. The minimum atomic E-state index is -0.707. The first kappa shape index (κ1) is 25.8. The molecule has 0 bridgehead atoms. The average molecular weight is 578 g/mol. The zero-order valence-electron chi connectivity index (χ0n) is 21.3. The van der Waals surface area contributed by atoms with Crippen LogP contribution in [0.3, 0.4) is 0 Å². The van der Waals surface area contributed by atoms with Crippen LogP contribution in [-0.2, 0) is 13.0 Å². The second kappa shape index (κ2) is 10.6. The van der Waals surface area contributed by atoms with E-state index in [9.17, 15) is 9.18 Å². The van der Waals surface area contributed by atoms with Gasteiger partial charge < -0.3 is 18.6 Å². The van der Waals surface area contributed by atoms with Crippen LogP contribution in [0.4, 0.5) is 4.39 Å². The van der Waals surface area contributed by atoms with Gasteiger partial charge in [-0.1, -0.05) is 41.9 Å². The Morgan fingerprint density at radius 3 is 2.70 bits per heavy atom. The quantitative estimate of drug-likeness (QED) is 0.171. The van der Waals surface area contributed by atoms with Gasteiger partial charge in [-0.25, -0.2) is 13.9 Å². The molecule has 0 aliphatic carbocycles. The number of rotatable bonds is 9. The van der Waals surface area contributed by atoms with Crippen molar-refractivity contribution in [2.75, 3.05) is 14.2 Å². The SMILES string of the molecule is COc1cc(OCc2cccc(CC(=O)c3cccc(Cl)c3F)c2)c2cc(-c3cn4nc(OC)sc4n3)oc2c1. The standard InChI is InChI=1S/C29H21ClFN3O5S/c1-36-18-11-24(20-13-26(39-25(20)12-18)22-14-34-28(32-22)40-29(33-34)37-2)38-15-17-6-3-5-16(9-17)10-23(35)19-7-4-8-21(30)27(19)31/h3-9,11-14H,10,15H2,1-2H3. The van der Waals surface area contributed by atoms with Gasteiger partial charge in [-0.15, -0.1) is 5.10 Å². The number of ketones is 1. The number of nitrogens with zero attached hydrogens (tertiary/aromatic N) is 3. The molecule has 0 saturated carbocycles. The van der Waals surface area contributed by atoms with Crippen molar-refractivity contribution in [1.29, 1.82) is 0 Å². The van der Waals surface area contributed by atoms with Gasteiger partial charge in [0.1, 0.15) is 29.4 Å². The zero-order valence-corrected chi connectivity index (χ0v) is 22.9. The van der Waals surface area contributed by atoms with Gasteiger partial charge in [0, 0.05) is 18.6 Å². The van der Waals surface area contributed by atoms with E-state index in [4.69, 9.17) is 30.2 Å². The molecule has 6 rings (SSSR count). The number of aromatic nitrogens is 3. The van der Waals surface area contributed by atoms with Crippen molar-refractivity contribution in [1.82, 2.24) is 14.6 Å². The van der Waals surface area contributed by atoms with Crippen LogP contribution in [0.25, 0.3) is 27.4 Å². The Morgan fingerprint density at radius 2 is 1.90 bits per heavy atom. The summed E-state index contributed by atoms with van der Waals surface area (Å²) in [7, 11) is 3.13. The van der Waals surface area contributed by atoms with Crippen LogP contribution in [0.2, 0.25) is 5.02 Å². The van der Waals surface area contributed by atoms with Crippen LogP contribution in [-0.4, -0.2) is 34.6 Å². The lowest BCUT2D eigenvalue weighted by molar-refractivity contribution is 0.0989. The lowest BCUT2D eigenvalue weighted by atomic mass is 10.0. The van der Waals surface area contributed by atoms with E-state index in [1.807, 2.05) is 30.3 Å². The summed E-state index contributed by atoms with van der Waals surface area (Å²) in [5.74, 6) is 0.627. The first-order valence-corrected chi connectivity index (χ1v) is 13.3. The maximum absolute atomic E-state index is 14.3. The first-order valence-electron chi connectivity index (χ1n) is 12.1. The third kappa shape index (κ3) is 4.99. The van der Waals surface area contributed by atoms with Crippen LogP contribution in [0.15, 0.2) is 71.3 Å². The number of ether oxygens (including phenoxy) is 3. The lowest BCUT2D eigenvalue weighted by Gasteiger charge is -2.10. The number of benzene rings is 3. The predicted octanol–water partition coefficient (Wildman–Crippen LogP) is 7.02. The summed E-state index contributed by atoms with van der Waals surface area (Å²) >= 11 is 7.16. The van der Waals surface area contributed by atoms with Crippen molar-refractivity contribution in [3.63, 3.8) is 0 Å². The molecule has 40 heavy (non-hydrogen) atoms. The highest BCUT2D eigenvalue weighted by Gasteiger charge is 2.18. The zero-order chi connectivity index (χ0) is 27.8. The summed E-state index contributed by atoms with van der Waals surface area (Å²) in [6.45, 7) is 0.222. The van der Waals surface area contributed by atoms with Gasteiger partial charge in [0.05, 0.1) is 36.4 Å². The molecular formula is C29H21ClFN3O5S. The number of fused-ring (bicyclic) bond motifs is 2. The minimum absolute atomic E-state index is 0.0302. The molecule has 0 saturated heterocycles. The molecule has 0 N–H and O–H groups in total. The normalized spacial score (nSPS) is 11.3. The van der Waals surface area contributed by atoms with Crippen LogP contribution < -0.4 is 14.2 Å². The summed E-state index contributed by atoms with van der Waals surface area (Å²) in [6.07, 6.45) is 1.80. The van der Waals surface area contributed by atoms with Crippen LogP contribution in [0.1, 0.15) is 21.5 Å². The van der Waals surface area contributed by atoms with Crippen molar-refractivity contribution in [3.05, 3.63) is 94.4 Å². The third-order valence-corrected chi connectivity index (χ3v) is 7.44. The molecule has 0 amide bonds. The monoisotopic (exact) mass is 577 g/mol. The van der Waals surface area contributed by atoms with Gasteiger partial charge in [-0.05, 0) is 40.7 Å². The molecule has 0 aliphatic rings. The fourth-order valence-corrected chi connectivity index (χ4v) is 5.19. The second-order valence-corrected chi connectivity index (χ2v) is 10.2. The summed E-state index contributed by atoms with van der Waals surface area (Å²) in [5.41, 5.74) is 2.74. The number of imidazole rings is 1. The van der Waals surface area contributed by atoms with Crippen molar-refractivity contribution >= 4 is 44.7 Å². The molecule has 0 radical (unpaired) electrons. The van der Waals surface area contributed by atoms with Gasteiger partial charge in [0.2, 0.25) is 4.96 Å². The van der Waals surface area contributed by atoms with E-state index in [1.165, 1.54) is 23.5 Å². The summed E-state index contributed by atoms with van der Waals surface area (Å²) in [5, 5.41) is 5.50. The molecule has 3 aromatic carbocycles. The van der Waals surface area contributed by atoms with Gasteiger partial charge in [0.15, 0.2) is 17.4 Å². The summed E-state index contributed by atoms with van der Waals surface area (Å²) < 4.78 is 38.9. The molecule has 0 unspecified atom stereocenters. The van der Waals surface area contributed by atoms with Crippen LogP contribution in [0, 0.1) is 5.82 Å². The number of methoxy groups -OCH3 is 2. The number of halogens is 2. The number of Topliss-reactive ketones (excluding diaryl/α,β-unsaturated/α-hetero) is 1. The van der Waals surface area contributed by atoms with Crippen LogP contribution >= 0.6 is 22.9 Å². The number of hydrogen-bond acceptors (Lipinski definition) is 8. The van der Waals surface area contributed by atoms with Crippen LogP contribution in [0.5, 0.6) is 16.7 Å². The smallest absolute Gasteiger partial charge is 0.294 e. The van der Waals surface area contributed by atoms with Crippen molar-refractivity contribution in [2.45, 2.75) is 13.0 Å². The Labute approximate surface area is 236 Å². The van der Waals surface area contributed by atoms with Crippen molar-refractivity contribution in [2.24, 2.45) is 0 Å². The maximum atomic E-state index is 14.3. The highest BCUT2D eigenvalue weighted by Crippen LogP contribution is 2.37. The maximum Gasteiger partial charge on any atom is 0.294 e. The Hall–Kier alpha value is -4.41. The van der Waals surface area contributed by atoms with Gasteiger partial charge in [0.25, 0.3) is 5.19 Å². The molecule has 202 valence electrons. The molecule has 3 aromatic heterocycles. The third-order valence-electron chi connectivity index (χ3n) is 6.26. The van der Waals surface area contributed by atoms with Gasteiger partial charge in [-0.3, -0.25) is 4.79 Å². The van der Waals surface area contributed by atoms with Crippen molar-refractivity contribution in [3.8, 4) is 28.1 Å². The number of furan rings is 1. The molecule has 0 spiro atoms. The van der Waals surface area contributed by atoms with E-state index >= 15 is 0 Å². The molecular weight excluding hydrogens is 557 g/mol. The number of hydrogen-bond donors (Lipinski definition) is 0. The Kier molecular flexibility index (Phi) is 6.87. The number of carbonyl (C=O) groups is 1. The first-order chi connectivity index (χ1) is 19.4. The fourth-order valence-electron chi connectivity index (χ4n) is 4.32. The molecule has 0 fully saturated rings. The molecule has 11 heteroatoms. The highest BCUT2D eigenvalue weighted by molar-refractivity contribution is 7.18. The lowest BCUT2D eigenvalue weighted by Crippen LogP contribution is -2.07. The molecule has 3 heterocycles. The predicted molar refractivity (Wildman–Crippen MR) is 149 cm³/mol. The van der Waals surface area contributed by atoms with E-state index in [-0.39, 0.29) is 29.4 Å². The molecule has 0 atom stereocenters. The fraction of sp³-hybridized carbons (Fsp3) is 0.138. The Balaban J connectivity index is 1.23. The molecule has 6 aromatic rings.